The maximum absolute atomic E-state index is 13.6. The van der Waals surface area contributed by atoms with E-state index in [1.165, 1.54) is 31.2 Å². The summed E-state index contributed by atoms with van der Waals surface area (Å²) in [5.41, 5.74) is -1.27. The van der Waals surface area contributed by atoms with Crippen LogP contribution in [0.5, 0.6) is 0 Å². The molecule has 0 saturated heterocycles. The Kier molecular flexibility index (Phi) is 6.12. The topological polar surface area (TPSA) is 73.2 Å². The zero-order valence-electron chi connectivity index (χ0n) is 15.5. The van der Waals surface area contributed by atoms with Gasteiger partial charge >= 0.3 is 12.1 Å². The minimum Gasteiger partial charge on any atom is -0.462 e. The average Bonchev–Trinajstić information content (AvgIpc) is 3.15. The van der Waals surface area contributed by atoms with Gasteiger partial charge in [0.15, 0.2) is 5.69 Å². The Morgan fingerprint density at radius 2 is 1.77 bits per heavy atom. The van der Waals surface area contributed by atoms with Gasteiger partial charge in [0.25, 0.3) is 5.91 Å². The van der Waals surface area contributed by atoms with Crippen molar-refractivity contribution in [1.82, 2.24) is 9.78 Å². The van der Waals surface area contributed by atoms with Crippen LogP contribution in [-0.4, -0.2) is 28.3 Å². The Balaban J connectivity index is 1.89. The normalized spacial score (nSPS) is 11.2. The maximum atomic E-state index is 13.6. The first-order valence-corrected chi connectivity index (χ1v) is 9.08. The van der Waals surface area contributed by atoms with E-state index in [0.29, 0.717) is 10.4 Å². The fourth-order valence-corrected chi connectivity index (χ4v) is 2.93. The van der Waals surface area contributed by atoms with Gasteiger partial charge in [-0.25, -0.2) is 9.48 Å². The molecule has 0 spiro atoms. The van der Waals surface area contributed by atoms with E-state index < -0.39 is 29.3 Å². The Morgan fingerprint density at radius 1 is 1.10 bits per heavy atom. The number of hydrogen-bond donors (Lipinski definition) is 1. The number of halogens is 4. The summed E-state index contributed by atoms with van der Waals surface area (Å²) in [6.07, 6.45) is -4.02. The van der Waals surface area contributed by atoms with Crippen LogP contribution < -0.4 is 5.32 Å². The van der Waals surface area contributed by atoms with Crippen molar-refractivity contribution in [1.29, 1.82) is 0 Å². The average molecular weight is 438 g/mol. The summed E-state index contributed by atoms with van der Waals surface area (Å²) < 4.78 is 46.0. The maximum Gasteiger partial charge on any atom is 0.434 e. The molecule has 30 heavy (non-hydrogen) atoms. The number of nitrogens with one attached hydrogen (secondary N) is 1. The molecule has 0 atom stereocenters. The number of aromatic nitrogens is 2. The molecule has 156 valence electrons. The Labute approximate surface area is 174 Å². The van der Waals surface area contributed by atoms with E-state index in [1.54, 1.807) is 24.3 Å². The van der Waals surface area contributed by atoms with E-state index in [4.69, 9.17) is 11.6 Å². The van der Waals surface area contributed by atoms with Gasteiger partial charge in [-0.15, -0.1) is 0 Å². The molecule has 1 heterocycles. The van der Waals surface area contributed by atoms with Crippen molar-refractivity contribution in [3.05, 3.63) is 76.6 Å². The first-order chi connectivity index (χ1) is 14.2. The second-order valence-electron chi connectivity index (χ2n) is 6.02. The predicted octanol–water partition coefficient (Wildman–Crippen LogP) is 4.97. The third-order valence-electron chi connectivity index (χ3n) is 4.02. The molecule has 0 radical (unpaired) electrons. The molecule has 1 amide bonds. The van der Waals surface area contributed by atoms with Gasteiger partial charge in [0.05, 0.1) is 29.1 Å². The zero-order valence-corrected chi connectivity index (χ0v) is 16.3. The molecule has 0 saturated carbocycles. The molecule has 0 aliphatic carbocycles. The second kappa shape index (κ2) is 8.58. The lowest BCUT2D eigenvalue weighted by Crippen LogP contribution is -2.18. The summed E-state index contributed by atoms with van der Waals surface area (Å²) in [5.74, 6) is -1.58. The number of rotatable bonds is 5. The quantitative estimate of drug-likeness (QED) is 0.572. The number of hydrogen-bond acceptors (Lipinski definition) is 4. The Hall–Kier alpha value is -3.33. The number of benzene rings is 2. The van der Waals surface area contributed by atoms with Crippen molar-refractivity contribution in [3.63, 3.8) is 0 Å². The fraction of sp³-hybridized carbons (Fsp3) is 0.150. The van der Waals surface area contributed by atoms with E-state index in [1.807, 2.05) is 0 Å². The van der Waals surface area contributed by atoms with Crippen LogP contribution in [0, 0.1) is 0 Å². The van der Waals surface area contributed by atoms with Gasteiger partial charge in [-0.3, -0.25) is 4.79 Å². The van der Waals surface area contributed by atoms with Crippen LogP contribution in [0.4, 0.5) is 18.9 Å². The third kappa shape index (κ3) is 4.46. The molecule has 0 unspecified atom stereocenters. The molecular formula is C20H15ClF3N3O3. The number of alkyl halides is 3. The van der Waals surface area contributed by atoms with Crippen molar-refractivity contribution in [2.75, 3.05) is 11.9 Å². The van der Waals surface area contributed by atoms with Crippen LogP contribution in [-0.2, 0) is 10.9 Å². The number of anilines is 1. The fourth-order valence-electron chi connectivity index (χ4n) is 2.70. The molecule has 0 bridgehead atoms. The molecule has 0 aliphatic rings. The molecule has 3 aromatic rings. The lowest BCUT2D eigenvalue weighted by Gasteiger charge is -2.13. The third-order valence-corrected chi connectivity index (χ3v) is 4.35. The molecule has 3 rings (SSSR count). The zero-order chi connectivity index (χ0) is 21.9. The molecule has 6 nitrogen and oxygen atoms in total. The van der Waals surface area contributed by atoms with E-state index in [-0.39, 0.29) is 22.9 Å². The predicted molar refractivity (Wildman–Crippen MR) is 104 cm³/mol. The number of carbonyl (C=O) groups excluding carboxylic acids is 2. The lowest BCUT2D eigenvalue weighted by atomic mass is 10.2. The first kappa shape index (κ1) is 21.4. The highest BCUT2D eigenvalue weighted by atomic mass is 35.5. The summed E-state index contributed by atoms with van der Waals surface area (Å²) in [6.45, 7) is 1.42. The van der Waals surface area contributed by atoms with Crippen LogP contribution in [0.25, 0.3) is 5.69 Å². The van der Waals surface area contributed by atoms with Crippen LogP contribution in [0.2, 0.25) is 5.02 Å². The smallest absolute Gasteiger partial charge is 0.434 e. The van der Waals surface area contributed by atoms with Gasteiger partial charge in [-0.1, -0.05) is 23.7 Å². The Morgan fingerprint density at radius 3 is 2.37 bits per heavy atom. The molecule has 0 fully saturated rings. The van der Waals surface area contributed by atoms with Gasteiger partial charge in [-0.2, -0.15) is 18.3 Å². The lowest BCUT2D eigenvalue weighted by molar-refractivity contribution is -0.143. The molecule has 1 N–H and O–H groups in total. The molecule has 0 aliphatic heterocycles. The highest BCUT2D eigenvalue weighted by Crippen LogP contribution is 2.34. The van der Waals surface area contributed by atoms with Crippen molar-refractivity contribution >= 4 is 29.2 Å². The van der Waals surface area contributed by atoms with Crippen molar-refractivity contribution in [3.8, 4) is 5.69 Å². The number of ether oxygens (including phenoxy) is 1. The van der Waals surface area contributed by atoms with Crippen LogP contribution in [0.1, 0.15) is 33.3 Å². The van der Waals surface area contributed by atoms with Crippen LogP contribution in [0.15, 0.2) is 54.7 Å². The molecule has 10 heteroatoms. The van der Waals surface area contributed by atoms with E-state index >= 15 is 0 Å². The standard InChI is InChI=1S/C20H15ClF3N3O3/c1-2-30-19(29)15-11-25-27(17(15)20(22,23)24)13-9-7-12(8-10-13)26-18(28)14-5-3-4-6-16(14)21/h3-11H,2H2,1H3,(H,26,28). The number of esters is 1. The van der Waals surface area contributed by atoms with Crippen molar-refractivity contribution in [2.45, 2.75) is 13.1 Å². The van der Waals surface area contributed by atoms with Crippen molar-refractivity contribution in [2.24, 2.45) is 0 Å². The largest absolute Gasteiger partial charge is 0.462 e. The number of nitrogens with zero attached hydrogens (tertiary/aromatic N) is 2. The summed E-state index contributed by atoms with van der Waals surface area (Å²) in [7, 11) is 0. The van der Waals surface area contributed by atoms with Gasteiger partial charge in [0.2, 0.25) is 0 Å². The van der Waals surface area contributed by atoms with Gasteiger partial charge in [0, 0.05) is 5.69 Å². The molecule has 2 aromatic carbocycles. The van der Waals surface area contributed by atoms with Gasteiger partial charge in [-0.05, 0) is 43.3 Å². The van der Waals surface area contributed by atoms with Crippen LogP contribution >= 0.6 is 11.6 Å². The second-order valence-corrected chi connectivity index (χ2v) is 6.42. The van der Waals surface area contributed by atoms with E-state index in [9.17, 15) is 22.8 Å². The van der Waals surface area contributed by atoms with Crippen LogP contribution in [0.3, 0.4) is 0 Å². The first-order valence-electron chi connectivity index (χ1n) is 8.71. The van der Waals surface area contributed by atoms with Gasteiger partial charge in [0.1, 0.15) is 5.56 Å². The highest BCUT2D eigenvalue weighted by molar-refractivity contribution is 6.34. The summed E-state index contributed by atoms with van der Waals surface area (Å²) in [5, 5.41) is 6.58. The minimum absolute atomic E-state index is 0.0496. The van der Waals surface area contributed by atoms with E-state index in [0.717, 1.165) is 6.20 Å². The minimum atomic E-state index is -4.84. The van der Waals surface area contributed by atoms with E-state index in [2.05, 4.69) is 15.2 Å². The number of carbonyl (C=O) groups is 2. The monoisotopic (exact) mass is 437 g/mol. The highest BCUT2D eigenvalue weighted by Gasteiger charge is 2.41. The van der Waals surface area contributed by atoms with Gasteiger partial charge < -0.3 is 10.1 Å². The number of amides is 1. The molecule has 1 aromatic heterocycles. The Bertz CT molecular complexity index is 1080. The summed E-state index contributed by atoms with van der Waals surface area (Å²) in [6, 6.07) is 11.9. The summed E-state index contributed by atoms with van der Waals surface area (Å²) >= 11 is 5.98. The SMILES string of the molecule is CCOC(=O)c1cnn(-c2ccc(NC(=O)c3ccccc3Cl)cc2)c1C(F)(F)F. The summed E-state index contributed by atoms with van der Waals surface area (Å²) in [4.78, 5) is 24.2. The molecular weight excluding hydrogens is 423 g/mol. The van der Waals surface area contributed by atoms with Crippen molar-refractivity contribution < 1.29 is 27.5 Å².